The molecule has 0 bridgehead atoms. The average molecular weight is 169 g/mol. The highest BCUT2D eigenvalue weighted by Crippen LogP contribution is 2.26. The van der Waals surface area contributed by atoms with Crippen LogP contribution in [-0.4, -0.2) is 23.1 Å². The van der Waals surface area contributed by atoms with Crippen molar-refractivity contribution in [2.45, 2.75) is 6.92 Å². The van der Waals surface area contributed by atoms with Crippen molar-refractivity contribution in [3.63, 3.8) is 0 Å². The molecule has 1 fully saturated rings. The third kappa shape index (κ3) is 1.87. The third-order valence-corrected chi connectivity index (χ3v) is 2.43. The Kier molecular flexibility index (Phi) is 2.76. The van der Waals surface area contributed by atoms with Crippen LogP contribution in [0.1, 0.15) is 6.92 Å². The SMILES string of the molecule is C=C1SCC(=O)N1C/C=C\C. The normalized spacial score (nSPS) is 18.8. The number of carbonyl (C=O) groups excluding carboxylic acids is 1. The van der Waals surface area contributed by atoms with Gasteiger partial charge in [0, 0.05) is 6.54 Å². The highest BCUT2D eigenvalue weighted by atomic mass is 32.2. The summed E-state index contributed by atoms with van der Waals surface area (Å²) in [7, 11) is 0. The topological polar surface area (TPSA) is 20.3 Å². The fourth-order valence-corrected chi connectivity index (χ4v) is 1.63. The Bertz CT molecular complexity index is 194. The van der Waals surface area contributed by atoms with Crippen molar-refractivity contribution in [2.24, 2.45) is 0 Å². The van der Waals surface area contributed by atoms with Crippen LogP contribution in [0.2, 0.25) is 0 Å². The second kappa shape index (κ2) is 3.62. The van der Waals surface area contributed by atoms with E-state index in [0.717, 1.165) is 5.03 Å². The molecule has 11 heavy (non-hydrogen) atoms. The molecule has 0 N–H and O–H groups in total. The Morgan fingerprint density at radius 1 is 1.82 bits per heavy atom. The number of hydrogen-bond donors (Lipinski definition) is 0. The summed E-state index contributed by atoms with van der Waals surface area (Å²) in [6, 6.07) is 0. The molecule has 3 heteroatoms. The molecule has 1 aliphatic heterocycles. The van der Waals surface area contributed by atoms with Gasteiger partial charge in [-0.3, -0.25) is 4.79 Å². The molecule has 2 nitrogen and oxygen atoms in total. The Morgan fingerprint density at radius 3 is 3.00 bits per heavy atom. The van der Waals surface area contributed by atoms with Crippen molar-refractivity contribution in [2.75, 3.05) is 12.3 Å². The molecular weight excluding hydrogens is 158 g/mol. The first kappa shape index (κ1) is 8.40. The predicted octanol–water partition coefficient (Wildman–Crippen LogP) is 1.61. The van der Waals surface area contributed by atoms with Crippen LogP contribution in [-0.2, 0) is 4.79 Å². The van der Waals surface area contributed by atoms with Crippen LogP contribution < -0.4 is 0 Å². The molecule has 0 atom stereocenters. The van der Waals surface area contributed by atoms with Crippen LogP contribution in [0.5, 0.6) is 0 Å². The first-order valence-electron chi connectivity index (χ1n) is 3.49. The van der Waals surface area contributed by atoms with Crippen molar-refractivity contribution < 1.29 is 4.79 Å². The molecule has 0 saturated carbocycles. The number of hydrogen-bond acceptors (Lipinski definition) is 2. The third-order valence-electron chi connectivity index (χ3n) is 1.49. The standard InChI is InChI=1S/C8H11NOS/c1-3-4-5-9-7(2)11-6-8(9)10/h3-4H,2,5-6H2,1H3/b4-3-. The summed E-state index contributed by atoms with van der Waals surface area (Å²) >= 11 is 1.51. The highest BCUT2D eigenvalue weighted by molar-refractivity contribution is 8.04. The van der Waals surface area contributed by atoms with Crippen molar-refractivity contribution in [1.29, 1.82) is 0 Å². The first-order chi connectivity index (χ1) is 5.25. The van der Waals surface area contributed by atoms with Gasteiger partial charge in [0.25, 0.3) is 0 Å². The van der Waals surface area contributed by atoms with Crippen LogP contribution in [0.25, 0.3) is 0 Å². The van der Waals surface area contributed by atoms with Gasteiger partial charge < -0.3 is 4.90 Å². The van der Waals surface area contributed by atoms with E-state index in [1.807, 2.05) is 19.1 Å². The van der Waals surface area contributed by atoms with Gasteiger partial charge in [-0.05, 0) is 6.92 Å². The number of thioether (sulfide) groups is 1. The maximum atomic E-state index is 11.1. The predicted molar refractivity (Wildman–Crippen MR) is 48.1 cm³/mol. The molecule has 0 aromatic rings. The second-order valence-corrected chi connectivity index (χ2v) is 3.30. The van der Waals surface area contributed by atoms with Crippen molar-refractivity contribution in [3.8, 4) is 0 Å². The highest BCUT2D eigenvalue weighted by Gasteiger charge is 2.23. The van der Waals surface area contributed by atoms with Gasteiger partial charge in [0.2, 0.25) is 5.91 Å². The molecule has 0 spiro atoms. The van der Waals surface area contributed by atoms with E-state index in [1.165, 1.54) is 11.8 Å². The fraction of sp³-hybridized carbons (Fsp3) is 0.375. The van der Waals surface area contributed by atoms with Crippen LogP contribution in [0.4, 0.5) is 0 Å². The van der Waals surface area contributed by atoms with Crippen LogP contribution in [0.3, 0.4) is 0 Å². The fourth-order valence-electron chi connectivity index (χ4n) is 0.854. The molecule has 0 aromatic carbocycles. The van der Waals surface area contributed by atoms with E-state index in [-0.39, 0.29) is 5.91 Å². The lowest BCUT2D eigenvalue weighted by Crippen LogP contribution is -2.23. The number of carbonyl (C=O) groups is 1. The summed E-state index contributed by atoms with van der Waals surface area (Å²) in [5, 5.41) is 0.869. The zero-order valence-corrected chi connectivity index (χ0v) is 7.36. The van der Waals surface area contributed by atoms with E-state index >= 15 is 0 Å². The van der Waals surface area contributed by atoms with Crippen LogP contribution in [0, 0.1) is 0 Å². The van der Waals surface area contributed by atoms with E-state index in [0.29, 0.717) is 12.3 Å². The minimum absolute atomic E-state index is 0.165. The Hall–Kier alpha value is -0.700. The van der Waals surface area contributed by atoms with E-state index in [4.69, 9.17) is 0 Å². The molecule has 0 radical (unpaired) electrons. The maximum absolute atomic E-state index is 11.1. The van der Waals surface area contributed by atoms with Gasteiger partial charge >= 0.3 is 0 Å². The monoisotopic (exact) mass is 169 g/mol. The van der Waals surface area contributed by atoms with Gasteiger partial charge in [-0.2, -0.15) is 0 Å². The lowest BCUT2D eigenvalue weighted by molar-refractivity contribution is -0.124. The zero-order valence-electron chi connectivity index (χ0n) is 6.54. The lowest BCUT2D eigenvalue weighted by Gasteiger charge is -2.12. The van der Waals surface area contributed by atoms with E-state index in [2.05, 4.69) is 6.58 Å². The number of amides is 1. The molecule has 0 aromatic heterocycles. The van der Waals surface area contributed by atoms with Crippen molar-refractivity contribution >= 4 is 17.7 Å². The minimum Gasteiger partial charge on any atom is -0.303 e. The van der Waals surface area contributed by atoms with E-state index in [9.17, 15) is 4.79 Å². The molecular formula is C8H11NOS. The molecule has 60 valence electrons. The van der Waals surface area contributed by atoms with E-state index in [1.54, 1.807) is 4.90 Å². The zero-order chi connectivity index (χ0) is 8.27. The molecule has 1 amide bonds. The summed E-state index contributed by atoms with van der Waals surface area (Å²) in [6.07, 6.45) is 3.89. The Morgan fingerprint density at radius 2 is 2.55 bits per heavy atom. The van der Waals surface area contributed by atoms with Gasteiger partial charge in [0.05, 0.1) is 10.8 Å². The summed E-state index contributed by atoms with van der Waals surface area (Å²) in [5.41, 5.74) is 0. The lowest BCUT2D eigenvalue weighted by atomic mass is 10.4. The number of nitrogens with zero attached hydrogens (tertiary/aromatic N) is 1. The molecule has 1 saturated heterocycles. The molecule has 0 unspecified atom stereocenters. The van der Waals surface area contributed by atoms with Crippen LogP contribution in [0.15, 0.2) is 23.8 Å². The molecule has 0 aliphatic carbocycles. The summed E-state index contributed by atoms with van der Waals surface area (Å²) in [4.78, 5) is 12.8. The first-order valence-corrected chi connectivity index (χ1v) is 4.47. The smallest absolute Gasteiger partial charge is 0.238 e. The van der Waals surface area contributed by atoms with Gasteiger partial charge in [-0.15, -0.1) is 0 Å². The Balaban J connectivity index is 2.54. The van der Waals surface area contributed by atoms with Crippen molar-refractivity contribution in [1.82, 2.24) is 4.90 Å². The van der Waals surface area contributed by atoms with Crippen molar-refractivity contribution in [3.05, 3.63) is 23.8 Å². The van der Waals surface area contributed by atoms with Crippen LogP contribution >= 0.6 is 11.8 Å². The minimum atomic E-state index is 0.165. The molecule has 1 aliphatic rings. The van der Waals surface area contributed by atoms with E-state index < -0.39 is 0 Å². The van der Waals surface area contributed by atoms with Gasteiger partial charge in [-0.25, -0.2) is 0 Å². The Labute approximate surface area is 71.0 Å². The van der Waals surface area contributed by atoms with Gasteiger partial charge in [-0.1, -0.05) is 30.5 Å². The largest absolute Gasteiger partial charge is 0.303 e. The second-order valence-electron chi connectivity index (χ2n) is 2.26. The summed E-state index contributed by atoms with van der Waals surface area (Å²) < 4.78 is 0. The quantitative estimate of drug-likeness (QED) is 0.585. The average Bonchev–Trinajstić information content (AvgIpc) is 2.29. The van der Waals surface area contributed by atoms with Gasteiger partial charge in [0.15, 0.2) is 0 Å². The number of rotatable bonds is 2. The molecule has 1 heterocycles. The maximum Gasteiger partial charge on any atom is 0.238 e. The summed E-state index contributed by atoms with van der Waals surface area (Å²) in [6.45, 7) is 6.38. The summed E-state index contributed by atoms with van der Waals surface area (Å²) in [5.74, 6) is 0.717. The number of allylic oxidation sites excluding steroid dienone is 1. The van der Waals surface area contributed by atoms with Gasteiger partial charge in [0.1, 0.15) is 0 Å². The molecule has 1 rings (SSSR count).